The van der Waals surface area contributed by atoms with Crippen LogP contribution in [0, 0.1) is 0 Å². The Bertz CT molecular complexity index is 373. The number of halogens is 1. The van der Waals surface area contributed by atoms with Crippen LogP contribution in [-0.4, -0.2) is 17.3 Å². The van der Waals surface area contributed by atoms with Gasteiger partial charge >= 0.3 is 0 Å². The van der Waals surface area contributed by atoms with E-state index in [1.54, 1.807) is 0 Å². The lowest BCUT2D eigenvalue weighted by Crippen LogP contribution is -2.39. The minimum atomic E-state index is -0.484. The second-order valence-electron chi connectivity index (χ2n) is 5.37. The molecule has 0 amide bonds. The fraction of sp³-hybridized carbons (Fsp3) is 0.600. The summed E-state index contributed by atoms with van der Waals surface area (Å²) < 4.78 is 1.11. The van der Waals surface area contributed by atoms with Crippen molar-refractivity contribution in [1.29, 1.82) is 0 Å². The summed E-state index contributed by atoms with van der Waals surface area (Å²) in [7, 11) is 0. The third-order valence-electron chi connectivity index (χ3n) is 3.71. The minimum Gasteiger partial charge on any atom is -0.389 e. The normalized spacial score (nSPS) is 19.4. The Kier molecular flexibility index (Phi) is 5.22. The molecule has 0 atom stereocenters. The smallest absolute Gasteiger partial charge is 0.0771 e. The van der Waals surface area contributed by atoms with Gasteiger partial charge in [0.2, 0.25) is 0 Å². The van der Waals surface area contributed by atoms with Crippen LogP contribution in [0.3, 0.4) is 0 Å². The lowest BCUT2D eigenvalue weighted by molar-refractivity contribution is 0.0250. The first-order valence-electron chi connectivity index (χ1n) is 6.86. The van der Waals surface area contributed by atoms with Gasteiger partial charge in [-0.2, -0.15) is 0 Å². The first-order valence-corrected chi connectivity index (χ1v) is 7.65. The molecule has 0 spiro atoms. The molecule has 1 aliphatic rings. The van der Waals surface area contributed by atoms with E-state index in [-0.39, 0.29) is 0 Å². The van der Waals surface area contributed by atoms with Crippen molar-refractivity contribution >= 4 is 15.9 Å². The molecule has 0 aliphatic heterocycles. The highest BCUT2D eigenvalue weighted by Crippen LogP contribution is 2.26. The van der Waals surface area contributed by atoms with E-state index in [4.69, 9.17) is 0 Å². The number of hydrogen-bond donors (Lipinski definition) is 2. The van der Waals surface area contributed by atoms with Gasteiger partial charge in [0.1, 0.15) is 0 Å². The van der Waals surface area contributed by atoms with Gasteiger partial charge in [-0.25, -0.2) is 0 Å². The van der Waals surface area contributed by atoms with Crippen molar-refractivity contribution < 1.29 is 5.11 Å². The molecule has 1 aliphatic carbocycles. The van der Waals surface area contributed by atoms with Gasteiger partial charge in [0.05, 0.1) is 5.60 Å². The van der Waals surface area contributed by atoms with Gasteiger partial charge in [0.25, 0.3) is 0 Å². The topological polar surface area (TPSA) is 32.3 Å². The van der Waals surface area contributed by atoms with Crippen molar-refractivity contribution in [2.75, 3.05) is 6.54 Å². The maximum atomic E-state index is 10.5. The lowest BCUT2D eigenvalue weighted by Gasteiger charge is -2.27. The maximum absolute atomic E-state index is 10.5. The molecule has 0 aromatic heterocycles. The van der Waals surface area contributed by atoms with Crippen molar-refractivity contribution in [2.24, 2.45) is 0 Å². The van der Waals surface area contributed by atoms with Crippen LogP contribution in [0.1, 0.15) is 44.1 Å². The quantitative estimate of drug-likeness (QED) is 0.832. The molecular formula is C15H22BrNO. The SMILES string of the molecule is OC1(CNCc2cccc(Br)c2)CCCCCC1. The molecule has 0 unspecified atom stereocenters. The van der Waals surface area contributed by atoms with Crippen LogP contribution in [0.5, 0.6) is 0 Å². The van der Waals surface area contributed by atoms with Gasteiger partial charge in [-0.05, 0) is 30.5 Å². The predicted molar refractivity (Wildman–Crippen MR) is 78.5 cm³/mol. The van der Waals surface area contributed by atoms with Crippen molar-refractivity contribution in [3.05, 3.63) is 34.3 Å². The van der Waals surface area contributed by atoms with E-state index in [0.29, 0.717) is 6.54 Å². The molecule has 2 N–H and O–H groups in total. The molecule has 100 valence electrons. The minimum absolute atomic E-state index is 0.484. The van der Waals surface area contributed by atoms with E-state index >= 15 is 0 Å². The summed E-state index contributed by atoms with van der Waals surface area (Å²) in [5.41, 5.74) is 0.768. The standard InChI is InChI=1S/C15H22BrNO/c16-14-7-5-6-13(10-14)11-17-12-15(18)8-3-1-2-4-9-15/h5-7,10,17-18H,1-4,8-9,11-12H2. The summed E-state index contributed by atoms with van der Waals surface area (Å²) in [5, 5.41) is 13.9. The molecule has 0 saturated heterocycles. The van der Waals surface area contributed by atoms with Gasteiger partial charge in [0, 0.05) is 17.6 Å². The van der Waals surface area contributed by atoms with E-state index in [1.165, 1.54) is 18.4 Å². The first kappa shape index (κ1) is 14.0. The monoisotopic (exact) mass is 311 g/mol. The molecule has 2 rings (SSSR count). The largest absolute Gasteiger partial charge is 0.389 e. The lowest BCUT2D eigenvalue weighted by atomic mass is 9.94. The molecule has 2 nitrogen and oxygen atoms in total. The maximum Gasteiger partial charge on any atom is 0.0771 e. The molecule has 0 bridgehead atoms. The van der Waals surface area contributed by atoms with Gasteiger partial charge in [-0.15, -0.1) is 0 Å². The molecule has 1 aromatic carbocycles. The second-order valence-corrected chi connectivity index (χ2v) is 6.29. The number of nitrogens with one attached hydrogen (secondary N) is 1. The van der Waals surface area contributed by atoms with Crippen molar-refractivity contribution in [3.63, 3.8) is 0 Å². The van der Waals surface area contributed by atoms with Crippen LogP contribution in [0.25, 0.3) is 0 Å². The summed E-state index contributed by atoms with van der Waals surface area (Å²) in [6.07, 6.45) is 6.75. The van der Waals surface area contributed by atoms with Crippen LogP contribution in [0.4, 0.5) is 0 Å². The number of benzene rings is 1. The Hall–Kier alpha value is -0.380. The fourth-order valence-electron chi connectivity index (χ4n) is 2.65. The van der Waals surface area contributed by atoms with Crippen LogP contribution in [-0.2, 0) is 6.54 Å². The third-order valence-corrected chi connectivity index (χ3v) is 4.20. The number of rotatable bonds is 4. The molecule has 0 radical (unpaired) electrons. The summed E-state index contributed by atoms with van der Waals surface area (Å²) in [4.78, 5) is 0. The van der Waals surface area contributed by atoms with Gasteiger partial charge in [-0.3, -0.25) is 0 Å². The van der Waals surface area contributed by atoms with Crippen LogP contribution in [0.15, 0.2) is 28.7 Å². The average molecular weight is 312 g/mol. The average Bonchev–Trinajstić information content (AvgIpc) is 2.55. The Morgan fingerprint density at radius 2 is 1.89 bits per heavy atom. The highest BCUT2D eigenvalue weighted by molar-refractivity contribution is 9.10. The van der Waals surface area contributed by atoms with Gasteiger partial charge < -0.3 is 10.4 Å². The van der Waals surface area contributed by atoms with Gasteiger partial charge in [-0.1, -0.05) is 53.7 Å². The van der Waals surface area contributed by atoms with Crippen LogP contribution < -0.4 is 5.32 Å². The zero-order valence-electron chi connectivity index (χ0n) is 10.8. The van der Waals surface area contributed by atoms with E-state index in [1.807, 2.05) is 12.1 Å². The molecule has 1 fully saturated rings. The molecular weight excluding hydrogens is 290 g/mol. The summed E-state index contributed by atoms with van der Waals surface area (Å²) in [5.74, 6) is 0. The van der Waals surface area contributed by atoms with E-state index in [2.05, 4.69) is 33.4 Å². The number of aliphatic hydroxyl groups is 1. The van der Waals surface area contributed by atoms with Crippen LogP contribution in [0.2, 0.25) is 0 Å². The highest BCUT2D eigenvalue weighted by Gasteiger charge is 2.27. The first-order chi connectivity index (χ1) is 8.68. The van der Waals surface area contributed by atoms with Crippen LogP contribution >= 0.6 is 15.9 Å². The molecule has 3 heteroatoms. The van der Waals surface area contributed by atoms with Crippen molar-refractivity contribution in [2.45, 2.75) is 50.7 Å². The zero-order chi connectivity index (χ0) is 12.8. The predicted octanol–water partition coefficient (Wildman–Crippen LogP) is 3.62. The molecule has 1 aromatic rings. The second kappa shape index (κ2) is 6.69. The Morgan fingerprint density at radius 3 is 2.56 bits per heavy atom. The summed E-state index contributed by atoms with van der Waals surface area (Å²) in [6.45, 7) is 1.53. The highest BCUT2D eigenvalue weighted by atomic mass is 79.9. The van der Waals surface area contributed by atoms with Gasteiger partial charge in [0.15, 0.2) is 0 Å². The fourth-order valence-corrected chi connectivity index (χ4v) is 3.10. The molecule has 18 heavy (non-hydrogen) atoms. The Balaban J connectivity index is 1.80. The van der Waals surface area contributed by atoms with E-state index in [0.717, 1.165) is 36.7 Å². The molecule has 1 saturated carbocycles. The Morgan fingerprint density at radius 1 is 1.17 bits per heavy atom. The summed E-state index contributed by atoms with van der Waals surface area (Å²) >= 11 is 3.47. The van der Waals surface area contributed by atoms with Crippen molar-refractivity contribution in [1.82, 2.24) is 5.32 Å². The van der Waals surface area contributed by atoms with Crippen molar-refractivity contribution in [3.8, 4) is 0 Å². The molecule has 0 heterocycles. The van der Waals surface area contributed by atoms with E-state index < -0.39 is 5.60 Å². The summed E-state index contributed by atoms with van der Waals surface area (Å²) in [6, 6.07) is 8.29. The number of hydrogen-bond acceptors (Lipinski definition) is 2. The Labute approximate surface area is 118 Å². The third kappa shape index (κ3) is 4.38. The van der Waals surface area contributed by atoms with E-state index in [9.17, 15) is 5.11 Å². The zero-order valence-corrected chi connectivity index (χ0v) is 12.4.